The third kappa shape index (κ3) is 3.04. The zero-order chi connectivity index (χ0) is 15.4. The summed E-state index contributed by atoms with van der Waals surface area (Å²) in [4.78, 5) is 18.8. The Labute approximate surface area is 130 Å². The molecule has 0 aliphatic carbocycles. The van der Waals surface area contributed by atoms with Crippen molar-refractivity contribution in [1.82, 2.24) is 15.2 Å². The topological polar surface area (TPSA) is 58.4 Å². The van der Waals surface area contributed by atoms with Gasteiger partial charge in [0.25, 0.3) is 0 Å². The molecule has 5 nitrogen and oxygen atoms in total. The van der Waals surface area contributed by atoms with Gasteiger partial charge in [-0.1, -0.05) is 30.3 Å². The normalized spacial score (nSPS) is 22.6. The molecule has 2 aromatic rings. The Hall–Kier alpha value is -2.14. The van der Waals surface area contributed by atoms with Gasteiger partial charge in [0.2, 0.25) is 5.91 Å². The molecule has 3 rings (SSSR count). The van der Waals surface area contributed by atoms with Crippen LogP contribution in [0.3, 0.4) is 0 Å². The summed E-state index contributed by atoms with van der Waals surface area (Å²) in [5, 5.41) is 3.14. The van der Waals surface area contributed by atoms with Crippen LogP contribution in [0, 0.1) is 0 Å². The van der Waals surface area contributed by atoms with E-state index in [4.69, 9.17) is 4.42 Å². The standard InChI is InChI=1S/C17H21N3O2/c1-18-15-8-5-9-16(13-6-3-2-4-7-13)20(17(15)21)11-14-10-19-12-22-14/h2-4,6-7,10,12,15-16,18H,5,8-9,11H2,1H3. The Balaban J connectivity index is 1.92. The average Bonchev–Trinajstić information content (AvgIpc) is 3.01. The van der Waals surface area contributed by atoms with Crippen LogP contribution >= 0.6 is 0 Å². The van der Waals surface area contributed by atoms with Gasteiger partial charge in [0.1, 0.15) is 5.76 Å². The van der Waals surface area contributed by atoms with Gasteiger partial charge < -0.3 is 14.6 Å². The summed E-state index contributed by atoms with van der Waals surface area (Å²) >= 11 is 0. The van der Waals surface area contributed by atoms with Gasteiger partial charge in [0, 0.05) is 0 Å². The number of nitrogens with one attached hydrogen (secondary N) is 1. The van der Waals surface area contributed by atoms with Crippen molar-refractivity contribution in [3.8, 4) is 0 Å². The summed E-state index contributed by atoms with van der Waals surface area (Å²) in [6, 6.07) is 10.2. The Morgan fingerprint density at radius 1 is 1.32 bits per heavy atom. The maximum absolute atomic E-state index is 12.9. The molecular weight excluding hydrogens is 278 g/mol. The molecule has 0 radical (unpaired) electrons. The molecule has 0 bridgehead atoms. The first-order valence-corrected chi connectivity index (χ1v) is 7.69. The number of rotatable bonds is 4. The van der Waals surface area contributed by atoms with Gasteiger partial charge >= 0.3 is 0 Å². The fourth-order valence-corrected chi connectivity index (χ4v) is 3.11. The van der Waals surface area contributed by atoms with Crippen LogP contribution in [0.1, 0.15) is 36.6 Å². The molecule has 1 N–H and O–H groups in total. The number of aromatic nitrogens is 1. The van der Waals surface area contributed by atoms with Gasteiger partial charge in [0.15, 0.2) is 6.39 Å². The molecule has 1 aliphatic rings. The SMILES string of the molecule is CNC1CCCC(c2ccccc2)N(Cc2cnco2)C1=O. The predicted octanol–water partition coefficient (Wildman–Crippen LogP) is 2.52. The second-order valence-electron chi connectivity index (χ2n) is 5.63. The van der Waals surface area contributed by atoms with E-state index in [0.29, 0.717) is 12.3 Å². The van der Waals surface area contributed by atoms with Crippen LogP contribution in [0.4, 0.5) is 0 Å². The van der Waals surface area contributed by atoms with Gasteiger partial charge in [-0.25, -0.2) is 4.98 Å². The van der Waals surface area contributed by atoms with Gasteiger partial charge in [-0.2, -0.15) is 0 Å². The summed E-state index contributed by atoms with van der Waals surface area (Å²) in [6.07, 6.45) is 5.93. The van der Waals surface area contributed by atoms with Crippen LogP contribution < -0.4 is 5.32 Å². The maximum atomic E-state index is 12.9. The molecule has 1 aromatic heterocycles. The molecule has 0 saturated carbocycles. The number of carbonyl (C=O) groups is 1. The molecule has 2 atom stereocenters. The first kappa shape index (κ1) is 14.8. The number of hydrogen-bond donors (Lipinski definition) is 1. The Morgan fingerprint density at radius 3 is 2.82 bits per heavy atom. The molecule has 1 aromatic carbocycles. The van der Waals surface area contributed by atoms with Crippen molar-refractivity contribution >= 4 is 5.91 Å². The summed E-state index contributed by atoms with van der Waals surface area (Å²) in [6.45, 7) is 0.455. The van der Waals surface area contributed by atoms with Crippen LogP contribution in [0.15, 0.2) is 47.3 Å². The van der Waals surface area contributed by atoms with E-state index in [1.165, 1.54) is 12.0 Å². The van der Waals surface area contributed by atoms with Crippen molar-refractivity contribution < 1.29 is 9.21 Å². The van der Waals surface area contributed by atoms with Crippen molar-refractivity contribution in [1.29, 1.82) is 0 Å². The molecule has 2 unspecified atom stereocenters. The third-order valence-corrected chi connectivity index (χ3v) is 4.27. The first-order valence-electron chi connectivity index (χ1n) is 7.69. The van der Waals surface area contributed by atoms with Gasteiger partial charge in [-0.15, -0.1) is 0 Å². The quantitative estimate of drug-likeness (QED) is 0.942. The minimum Gasteiger partial charge on any atom is -0.447 e. The number of amides is 1. The molecule has 116 valence electrons. The molecule has 1 amide bonds. The summed E-state index contributed by atoms with van der Waals surface area (Å²) < 4.78 is 5.35. The summed E-state index contributed by atoms with van der Waals surface area (Å²) in [5.41, 5.74) is 1.17. The van der Waals surface area contributed by atoms with Crippen LogP contribution in [-0.4, -0.2) is 28.9 Å². The highest BCUT2D eigenvalue weighted by atomic mass is 16.3. The Kier molecular flexibility index (Phi) is 4.53. The number of likely N-dealkylation sites (tertiary alicyclic amines) is 1. The highest BCUT2D eigenvalue weighted by Crippen LogP contribution is 2.32. The molecule has 1 saturated heterocycles. The maximum Gasteiger partial charge on any atom is 0.240 e. The van der Waals surface area contributed by atoms with Crippen molar-refractivity contribution in [2.45, 2.75) is 37.9 Å². The zero-order valence-electron chi connectivity index (χ0n) is 12.7. The number of nitrogens with zero attached hydrogens (tertiary/aromatic N) is 2. The summed E-state index contributed by atoms with van der Waals surface area (Å²) in [5.74, 6) is 0.844. The summed E-state index contributed by atoms with van der Waals surface area (Å²) in [7, 11) is 1.85. The monoisotopic (exact) mass is 299 g/mol. The van der Waals surface area contributed by atoms with E-state index in [0.717, 1.165) is 19.3 Å². The number of hydrogen-bond acceptors (Lipinski definition) is 4. The molecule has 1 aliphatic heterocycles. The number of oxazole rings is 1. The minimum absolute atomic E-state index is 0.0807. The highest BCUT2D eigenvalue weighted by molar-refractivity contribution is 5.82. The molecular formula is C17H21N3O2. The lowest BCUT2D eigenvalue weighted by atomic mass is 10.0. The van der Waals surface area contributed by atoms with Gasteiger partial charge in [-0.3, -0.25) is 4.79 Å². The lowest BCUT2D eigenvalue weighted by molar-refractivity contribution is -0.136. The first-order chi connectivity index (χ1) is 10.8. The van der Waals surface area contributed by atoms with Crippen LogP contribution in [0.5, 0.6) is 0 Å². The lowest BCUT2D eigenvalue weighted by Gasteiger charge is -2.31. The van der Waals surface area contributed by atoms with E-state index in [2.05, 4.69) is 22.4 Å². The van der Waals surface area contributed by atoms with Gasteiger partial charge in [-0.05, 0) is 31.9 Å². The largest absolute Gasteiger partial charge is 0.447 e. The molecule has 5 heteroatoms. The van der Waals surface area contributed by atoms with Crippen molar-refractivity contribution in [3.63, 3.8) is 0 Å². The highest BCUT2D eigenvalue weighted by Gasteiger charge is 2.33. The van der Waals surface area contributed by atoms with E-state index < -0.39 is 0 Å². The average molecular weight is 299 g/mol. The van der Waals surface area contributed by atoms with Crippen LogP contribution in [0.25, 0.3) is 0 Å². The smallest absolute Gasteiger partial charge is 0.240 e. The lowest BCUT2D eigenvalue weighted by Crippen LogP contribution is -2.44. The fourth-order valence-electron chi connectivity index (χ4n) is 3.11. The van der Waals surface area contributed by atoms with E-state index in [-0.39, 0.29) is 18.0 Å². The second-order valence-corrected chi connectivity index (χ2v) is 5.63. The van der Waals surface area contributed by atoms with E-state index in [1.54, 1.807) is 6.20 Å². The van der Waals surface area contributed by atoms with Crippen molar-refractivity contribution in [3.05, 3.63) is 54.2 Å². The van der Waals surface area contributed by atoms with Crippen molar-refractivity contribution in [2.24, 2.45) is 0 Å². The Bertz CT molecular complexity index is 598. The molecule has 0 spiro atoms. The number of benzene rings is 1. The molecule has 1 fully saturated rings. The number of carbonyl (C=O) groups excluding carboxylic acids is 1. The van der Waals surface area contributed by atoms with E-state index >= 15 is 0 Å². The van der Waals surface area contributed by atoms with Crippen LogP contribution in [-0.2, 0) is 11.3 Å². The number of likely N-dealkylation sites (N-methyl/N-ethyl adjacent to an activating group) is 1. The second kappa shape index (κ2) is 6.75. The van der Waals surface area contributed by atoms with Crippen molar-refractivity contribution in [2.75, 3.05) is 7.05 Å². The van der Waals surface area contributed by atoms with Gasteiger partial charge in [0.05, 0.1) is 24.8 Å². The predicted molar refractivity (Wildman–Crippen MR) is 82.9 cm³/mol. The van der Waals surface area contributed by atoms with E-state index in [9.17, 15) is 4.79 Å². The van der Waals surface area contributed by atoms with Crippen LogP contribution in [0.2, 0.25) is 0 Å². The molecule has 2 heterocycles. The fraction of sp³-hybridized carbons (Fsp3) is 0.412. The Morgan fingerprint density at radius 2 is 2.14 bits per heavy atom. The van der Waals surface area contributed by atoms with E-state index in [1.807, 2.05) is 30.1 Å². The molecule has 22 heavy (non-hydrogen) atoms. The zero-order valence-corrected chi connectivity index (χ0v) is 12.7. The third-order valence-electron chi connectivity index (χ3n) is 4.27. The minimum atomic E-state index is -0.128.